The topological polar surface area (TPSA) is 13.1 Å². The van der Waals surface area contributed by atoms with Crippen LogP contribution in [0.15, 0.2) is 54.7 Å². The van der Waals surface area contributed by atoms with E-state index in [0.717, 1.165) is 24.3 Å². The number of aromatic nitrogens is 1. The van der Waals surface area contributed by atoms with Gasteiger partial charge in [0.05, 0.1) is 10.9 Å². The predicted octanol–water partition coefficient (Wildman–Crippen LogP) is 9.96. The van der Waals surface area contributed by atoms with Gasteiger partial charge in [0, 0.05) is 17.0 Å². The highest BCUT2D eigenvalue weighted by Crippen LogP contribution is 2.53. The minimum Gasteiger partial charge on any atom is -0.455 e. The van der Waals surface area contributed by atoms with Crippen LogP contribution in [0.1, 0.15) is 76.6 Å². The van der Waals surface area contributed by atoms with Crippen molar-refractivity contribution in [3.05, 3.63) is 77.0 Å². The number of benzene rings is 4. The summed E-state index contributed by atoms with van der Waals surface area (Å²) >= 11 is 0. The average Bonchev–Trinajstić information content (AvgIpc) is 2.86. The molecule has 1 aromatic heterocycles. The smallest absolute Gasteiger partial charge is 0.228 e. The fraction of sp³-hybridized carbons (Fsp3) is 0.378. The summed E-state index contributed by atoms with van der Waals surface area (Å²) in [6.45, 7) is 18.5. The van der Waals surface area contributed by atoms with E-state index in [9.17, 15) is 0 Å². The Morgan fingerprint density at radius 3 is 2.33 bits per heavy atom. The van der Waals surface area contributed by atoms with E-state index in [-0.39, 0.29) is 5.41 Å². The molecule has 0 aliphatic carbocycles. The SMILES string of the molecule is Cc1c2c(c(CC(C)(C)C)c3ccc(CC(C)C)cc13)Oc1cc3cccc(C(C)C)c3c3cc[n+](C)c-2c13. The molecule has 0 amide bonds. The number of hydrogen-bond acceptors (Lipinski definition) is 1. The lowest BCUT2D eigenvalue weighted by molar-refractivity contribution is -0.659. The molecular weight excluding hydrogens is 474 g/mol. The summed E-state index contributed by atoms with van der Waals surface area (Å²) in [6, 6.07) is 18.4. The van der Waals surface area contributed by atoms with Crippen LogP contribution >= 0.6 is 0 Å². The molecule has 5 aromatic rings. The van der Waals surface area contributed by atoms with Crippen molar-refractivity contribution in [3.63, 3.8) is 0 Å². The number of fused-ring (bicyclic) bond motifs is 5. The first kappa shape index (κ1) is 25.9. The van der Waals surface area contributed by atoms with E-state index in [2.05, 4.69) is 122 Å². The highest BCUT2D eigenvalue weighted by molar-refractivity contribution is 6.17. The minimum absolute atomic E-state index is 0.125. The zero-order chi connectivity index (χ0) is 27.8. The van der Waals surface area contributed by atoms with Gasteiger partial charge in [-0.1, -0.05) is 84.9 Å². The maximum Gasteiger partial charge on any atom is 0.228 e. The molecule has 1 aliphatic rings. The maximum absolute atomic E-state index is 7.06. The molecule has 0 atom stereocenters. The van der Waals surface area contributed by atoms with Crippen molar-refractivity contribution >= 4 is 32.3 Å². The first-order valence-corrected chi connectivity index (χ1v) is 14.6. The molecule has 4 aromatic carbocycles. The average molecular weight is 517 g/mol. The van der Waals surface area contributed by atoms with Gasteiger partial charge >= 0.3 is 0 Å². The van der Waals surface area contributed by atoms with Crippen LogP contribution < -0.4 is 9.30 Å². The van der Waals surface area contributed by atoms with Crippen molar-refractivity contribution in [1.29, 1.82) is 0 Å². The Morgan fingerprint density at radius 2 is 1.64 bits per heavy atom. The third-order valence-corrected chi connectivity index (χ3v) is 8.37. The Kier molecular flexibility index (Phi) is 6.02. The zero-order valence-corrected chi connectivity index (χ0v) is 25.1. The van der Waals surface area contributed by atoms with Crippen LogP contribution in [-0.4, -0.2) is 0 Å². The van der Waals surface area contributed by atoms with Crippen molar-refractivity contribution < 1.29 is 9.30 Å². The van der Waals surface area contributed by atoms with Gasteiger partial charge in [-0.3, -0.25) is 0 Å². The molecule has 2 heteroatoms. The van der Waals surface area contributed by atoms with Gasteiger partial charge in [-0.15, -0.1) is 0 Å². The van der Waals surface area contributed by atoms with E-state index < -0.39 is 0 Å². The molecule has 0 bridgehead atoms. The Morgan fingerprint density at radius 1 is 0.872 bits per heavy atom. The van der Waals surface area contributed by atoms with Gasteiger partial charge in [0.2, 0.25) is 5.69 Å². The summed E-state index contributed by atoms with van der Waals surface area (Å²) in [6.07, 6.45) is 4.29. The molecule has 200 valence electrons. The van der Waals surface area contributed by atoms with Crippen molar-refractivity contribution in [2.24, 2.45) is 18.4 Å². The molecule has 2 nitrogen and oxygen atoms in total. The molecule has 39 heavy (non-hydrogen) atoms. The van der Waals surface area contributed by atoms with Crippen LogP contribution in [-0.2, 0) is 19.9 Å². The van der Waals surface area contributed by atoms with Gasteiger partial charge in [-0.05, 0) is 81.3 Å². The van der Waals surface area contributed by atoms with E-state index in [4.69, 9.17) is 4.74 Å². The molecule has 0 fully saturated rings. The normalized spacial score (nSPS) is 13.1. The van der Waals surface area contributed by atoms with Crippen LogP contribution in [0.4, 0.5) is 0 Å². The molecule has 0 spiro atoms. The molecular formula is C37H42NO+. The molecule has 0 saturated heterocycles. The first-order valence-electron chi connectivity index (χ1n) is 14.6. The lowest BCUT2D eigenvalue weighted by Gasteiger charge is -2.28. The van der Waals surface area contributed by atoms with E-state index in [1.54, 1.807) is 0 Å². The van der Waals surface area contributed by atoms with Gasteiger partial charge in [0.25, 0.3) is 0 Å². The summed E-state index contributed by atoms with van der Waals surface area (Å²) in [5.41, 5.74) is 8.10. The van der Waals surface area contributed by atoms with Gasteiger partial charge in [0.1, 0.15) is 18.5 Å². The number of hydrogen-bond donors (Lipinski definition) is 0. The van der Waals surface area contributed by atoms with Crippen LogP contribution in [0.25, 0.3) is 43.6 Å². The lowest BCUT2D eigenvalue weighted by atomic mass is 9.81. The summed E-state index contributed by atoms with van der Waals surface area (Å²) in [5.74, 6) is 3.09. The van der Waals surface area contributed by atoms with E-state index in [0.29, 0.717) is 11.8 Å². The lowest BCUT2D eigenvalue weighted by Crippen LogP contribution is -2.32. The second-order valence-corrected chi connectivity index (χ2v) is 13.7. The van der Waals surface area contributed by atoms with Crippen LogP contribution in [0, 0.1) is 18.3 Å². The van der Waals surface area contributed by atoms with Crippen molar-refractivity contribution in [2.45, 2.75) is 74.1 Å². The van der Waals surface area contributed by atoms with Crippen LogP contribution in [0.5, 0.6) is 11.5 Å². The van der Waals surface area contributed by atoms with E-state index >= 15 is 0 Å². The molecule has 0 unspecified atom stereocenters. The standard InChI is InChI=1S/C37H42NO/c1-21(2)17-24-13-14-27-29(18-24)23(5)32-35-34-28(15-16-38(35)9)33-25(11-10-12-26(33)22(3)4)19-31(34)39-36(32)30(27)20-37(6,7)8/h10-16,18-19,21-22H,17,20H2,1-9H3/q+1. The van der Waals surface area contributed by atoms with Crippen molar-refractivity contribution in [2.75, 3.05) is 0 Å². The van der Waals surface area contributed by atoms with Gasteiger partial charge in [-0.25, -0.2) is 4.57 Å². The van der Waals surface area contributed by atoms with Gasteiger partial charge in [-0.2, -0.15) is 0 Å². The quantitative estimate of drug-likeness (QED) is 0.168. The summed E-state index contributed by atoms with van der Waals surface area (Å²) in [5, 5.41) is 7.81. The number of pyridine rings is 1. The monoisotopic (exact) mass is 516 g/mol. The Labute approximate surface area is 233 Å². The third-order valence-electron chi connectivity index (χ3n) is 8.37. The van der Waals surface area contributed by atoms with Gasteiger partial charge < -0.3 is 4.74 Å². The maximum atomic E-state index is 7.06. The summed E-state index contributed by atoms with van der Waals surface area (Å²) in [7, 11) is 2.19. The molecule has 2 heterocycles. The molecule has 0 saturated carbocycles. The second-order valence-electron chi connectivity index (χ2n) is 13.7. The zero-order valence-electron chi connectivity index (χ0n) is 25.1. The molecule has 0 N–H and O–H groups in total. The highest BCUT2D eigenvalue weighted by Gasteiger charge is 2.34. The Balaban J connectivity index is 1.77. The highest BCUT2D eigenvalue weighted by atomic mass is 16.5. The number of nitrogens with zero attached hydrogens (tertiary/aromatic N) is 1. The van der Waals surface area contributed by atoms with Crippen LogP contribution in [0.3, 0.4) is 0 Å². The Hall–Kier alpha value is -3.39. The van der Waals surface area contributed by atoms with Crippen molar-refractivity contribution in [1.82, 2.24) is 0 Å². The minimum atomic E-state index is 0.125. The molecule has 1 aliphatic heterocycles. The van der Waals surface area contributed by atoms with E-state index in [1.807, 2.05) is 0 Å². The fourth-order valence-corrected chi connectivity index (χ4v) is 6.76. The van der Waals surface area contributed by atoms with Gasteiger partial charge in [0.15, 0.2) is 6.20 Å². The molecule has 6 rings (SSSR count). The Bertz CT molecular complexity index is 1780. The van der Waals surface area contributed by atoms with E-state index in [1.165, 1.54) is 65.8 Å². The number of rotatable bonds is 4. The summed E-state index contributed by atoms with van der Waals surface area (Å²) in [4.78, 5) is 0. The molecule has 0 radical (unpaired) electrons. The van der Waals surface area contributed by atoms with Crippen LogP contribution in [0.2, 0.25) is 0 Å². The number of aryl methyl sites for hydroxylation is 2. The fourth-order valence-electron chi connectivity index (χ4n) is 6.76. The number of ether oxygens (including phenoxy) is 1. The second kappa shape index (κ2) is 9.08. The first-order chi connectivity index (χ1) is 18.4. The third kappa shape index (κ3) is 4.20. The predicted molar refractivity (Wildman–Crippen MR) is 166 cm³/mol. The summed E-state index contributed by atoms with van der Waals surface area (Å²) < 4.78 is 9.37. The largest absolute Gasteiger partial charge is 0.455 e. The van der Waals surface area contributed by atoms with Crippen molar-refractivity contribution in [3.8, 4) is 22.8 Å².